The first-order valence-corrected chi connectivity index (χ1v) is 4.82. The maximum atomic E-state index is 11.1. The SMILES string of the molecule is CC(C)Nc1ncc2c(n1)NC(=O)NC2. The number of amides is 2. The molecule has 1 aliphatic rings. The van der Waals surface area contributed by atoms with E-state index < -0.39 is 0 Å². The van der Waals surface area contributed by atoms with E-state index in [1.54, 1.807) is 6.20 Å². The molecule has 15 heavy (non-hydrogen) atoms. The highest BCUT2D eigenvalue weighted by Gasteiger charge is 2.15. The van der Waals surface area contributed by atoms with Crippen LogP contribution in [0.5, 0.6) is 0 Å². The molecule has 0 spiro atoms. The quantitative estimate of drug-likeness (QED) is 0.674. The minimum Gasteiger partial charge on any atom is -0.352 e. The van der Waals surface area contributed by atoms with E-state index >= 15 is 0 Å². The lowest BCUT2D eigenvalue weighted by molar-refractivity contribution is 0.250. The third-order valence-corrected chi connectivity index (χ3v) is 1.95. The lowest BCUT2D eigenvalue weighted by Crippen LogP contribution is -2.34. The zero-order valence-corrected chi connectivity index (χ0v) is 8.66. The standard InChI is InChI=1S/C9H13N5O/c1-5(2)12-8-10-3-6-4-11-9(15)14-7(6)13-8/h3,5H,4H2,1-2H3,(H3,10,11,12,13,14,15). The highest BCUT2D eigenvalue weighted by molar-refractivity contribution is 5.91. The molecule has 6 heteroatoms. The Kier molecular flexibility index (Phi) is 2.40. The molecule has 1 aliphatic heterocycles. The summed E-state index contributed by atoms with van der Waals surface area (Å²) in [6, 6.07) is 0.0390. The summed E-state index contributed by atoms with van der Waals surface area (Å²) in [5, 5.41) is 8.36. The Morgan fingerprint density at radius 1 is 1.53 bits per heavy atom. The highest BCUT2D eigenvalue weighted by atomic mass is 16.2. The average Bonchev–Trinajstić information content (AvgIpc) is 2.16. The van der Waals surface area contributed by atoms with Gasteiger partial charge in [-0.2, -0.15) is 4.98 Å². The van der Waals surface area contributed by atoms with E-state index in [-0.39, 0.29) is 12.1 Å². The molecule has 1 aromatic rings. The molecule has 2 heterocycles. The number of rotatable bonds is 2. The number of nitrogens with zero attached hydrogens (tertiary/aromatic N) is 2. The molecule has 0 bridgehead atoms. The van der Waals surface area contributed by atoms with Crippen molar-refractivity contribution in [1.82, 2.24) is 15.3 Å². The minimum absolute atomic E-state index is 0.225. The summed E-state index contributed by atoms with van der Waals surface area (Å²) in [4.78, 5) is 19.4. The molecule has 1 aromatic heterocycles. The molecule has 0 atom stereocenters. The number of fused-ring (bicyclic) bond motifs is 1. The van der Waals surface area contributed by atoms with Crippen molar-refractivity contribution in [2.75, 3.05) is 10.6 Å². The van der Waals surface area contributed by atoms with Gasteiger partial charge in [-0.05, 0) is 13.8 Å². The maximum absolute atomic E-state index is 11.1. The normalized spacial score (nSPS) is 14.2. The van der Waals surface area contributed by atoms with E-state index in [0.29, 0.717) is 18.3 Å². The second kappa shape index (κ2) is 3.72. The van der Waals surface area contributed by atoms with Crippen molar-refractivity contribution in [3.8, 4) is 0 Å². The molecular formula is C9H13N5O. The van der Waals surface area contributed by atoms with Crippen molar-refractivity contribution >= 4 is 17.8 Å². The third-order valence-electron chi connectivity index (χ3n) is 1.95. The fourth-order valence-electron chi connectivity index (χ4n) is 1.30. The summed E-state index contributed by atoms with van der Waals surface area (Å²) < 4.78 is 0. The predicted molar refractivity (Wildman–Crippen MR) is 56.6 cm³/mol. The monoisotopic (exact) mass is 207 g/mol. The van der Waals surface area contributed by atoms with Gasteiger partial charge in [-0.1, -0.05) is 0 Å². The van der Waals surface area contributed by atoms with Gasteiger partial charge in [-0.3, -0.25) is 5.32 Å². The fourth-order valence-corrected chi connectivity index (χ4v) is 1.30. The first-order valence-electron chi connectivity index (χ1n) is 4.82. The zero-order chi connectivity index (χ0) is 10.8. The van der Waals surface area contributed by atoms with Gasteiger partial charge < -0.3 is 10.6 Å². The summed E-state index contributed by atoms with van der Waals surface area (Å²) in [6.45, 7) is 4.48. The maximum Gasteiger partial charge on any atom is 0.320 e. The number of anilines is 2. The van der Waals surface area contributed by atoms with Crippen LogP contribution in [0.4, 0.5) is 16.6 Å². The minimum atomic E-state index is -0.225. The molecule has 0 aliphatic carbocycles. The number of nitrogens with one attached hydrogen (secondary N) is 3. The molecule has 0 fully saturated rings. The number of hydrogen-bond donors (Lipinski definition) is 3. The Balaban J connectivity index is 2.24. The van der Waals surface area contributed by atoms with Gasteiger partial charge in [0.15, 0.2) is 0 Å². The number of aromatic nitrogens is 2. The van der Waals surface area contributed by atoms with Gasteiger partial charge in [0.05, 0.1) is 0 Å². The van der Waals surface area contributed by atoms with E-state index in [9.17, 15) is 4.79 Å². The largest absolute Gasteiger partial charge is 0.352 e. The van der Waals surface area contributed by atoms with E-state index in [1.165, 1.54) is 0 Å². The molecule has 3 N–H and O–H groups in total. The number of carbonyl (C=O) groups is 1. The van der Waals surface area contributed by atoms with Crippen LogP contribution < -0.4 is 16.0 Å². The second-order valence-electron chi connectivity index (χ2n) is 3.67. The van der Waals surface area contributed by atoms with Crippen molar-refractivity contribution in [1.29, 1.82) is 0 Å². The summed E-state index contributed by atoms with van der Waals surface area (Å²) in [5.41, 5.74) is 0.893. The van der Waals surface area contributed by atoms with E-state index in [1.807, 2.05) is 13.8 Å². The Hall–Kier alpha value is -1.85. The average molecular weight is 207 g/mol. The smallest absolute Gasteiger partial charge is 0.320 e. The number of carbonyl (C=O) groups excluding carboxylic acids is 1. The van der Waals surface area contributed by atoms with Gasteiger partial charge in [0.2, 0.25) is 5.95 Å². The van der Waals surface area contributed by atoms with Gasteiger partial charge in [0.1, 0.15) is 5.82 Å². The first kappa shape index (κ1) is 9.70. The Morgan fingerprint density at radius 2 is 2.33 bits per heavy atom. The van der Waals surface area contributed by atoms with Crippen LogP contribution in [0.15, 0.2) is 6.20 Å². The van der Waals surface area contributed by atoms with E-state index in [4.69, 9.17) is 0 Å². The van der Waals surface area contributed by atoms with Crippen LogP contribution in [-0.2, 0) is 6.54 Å². The third kappa shape index (κ3) is 2.15. The van der Waals surface area contributed by atoms with Crippen molar-refractivity contribution in [2.45, 2.75) is 26.4 Å². The second-order valence-corrected chi connectivity index (χ2v) is 3.67. The highest BCUT2D eigenvalue weighted by Crippen LogP contribution is 2.16. The van der Waals surface area contributed by atoms with E-state index in [0.717, 1.165) is 5.56 Å². The van der Waals surface area contributed by atoms with Crippen molar-refractivity contribution in [2.24, 2.45) is 0 Å². The summed E-state index contributed by atoms with van der Waals surface area (Å²) in [7, 11) is 0. The Labute approximate surface area is 87.5 Å². The lowest BCUT2D eigenvalue weighted by Gasteiger charge is -2.17. The van der Waals surface area contributed by atoms with Crippen molar-refractivity contribution in [3.05, 3.63) is 11.8 Å². The number of hydrogen-bond acceptors (Lipinski definition) is 4. The van der Waals surface area contributed by atoms with Crippen LogP contribution in [0.2, 0.25) is 0 Å². The summed E-state index contributed by atoms with van der Waals surface area (Å²) in [6.07, 6.45) is 1.71. The molecular weight excluding hydrogens is 194 g/mol. The lowest BCUT2D eigenvalue weighted by atomic mass is 10.3. The molecule has 0 aromatic carbocycles. The summed E-state index contributed by atoms with van der Waals surface area (Å²) in [5.74, 6) is 1.11. The van der Waals surface area contributed by atoms with E-state index in [2.05, 4.69) is 25.9 Å². The summed E-state index contributed by atoms with van der Waals surface area (Å²) >= 11 is 0. The van der Waals surface area contributed by atoms with Gasteiger partial charge in [0.25, 0.3) is 0 Å². The molecule has 0 unspecified atom stereocenters. The van der Waals surface area contributed by atoms with Gasteiger partial charge in [0, 0.05) is 24.3 Å². The van der Waals surface area contributed by atoms with Gasteiger partial charge in [-0.15, -0.1) is 0 Å². The zero-order valence-electron chi connectivity index (χ0n) is 8.66. The first-order chi connectivity index (χ1) is 7.15. The Bertz CT molecular complexity index is 390. The Morgan fingerprint density at radius 3 is 3.07 bits per heavy atom. The van der Waals surface area contributed by atoms with Crippen LogP contribution in [0.25, 0.3) is 0 Å². The van der Waals surface area contributed by atoms with Crippen LogP contribution in [-0.4, -0.2) is 22.0 Å². The van der Waals surface area contributed by atoms with Crippen LogP contribution in [0.3, 0.4) is 0 Å². The van der Waals surface area contributed by atoms with Crippen LogP contribution >= 0.6 is 0 Å². The molecule has 0 saturated carbocycles. The van der Waals surface area contributed by atoms with Gasteiger partial charge >= 0.3 is 6.03 Å². The van der Waals surface area contributed by atoms with Gasteiger partial charge in [-0.25, -0.2) is 9.78 Å². The number of urea groups is 1. The predicted octanol–water partition coefficient (Wildman–Crippen LogP) is 0.932. The molecule has 0 saturated heterocycles. The van der Waals surface area contributed by atoms with Crippen LogP contribution in [0, 0.1) is 0 Å². The molecule has 80 valence electrons. The van der Waals surface area contributed by atoms with Crippen LogP contribution in [0.1, 0.15) is 19.4 Å². The van der Waals surface area contributed by atoms with Crippen molar-refractivity contribution in [3.63, 3.8) is 0 Å². The topological polar surface area (TPSA) is 78.9 Å². The molecule has 2 amide bonds. The molecule has 0 radical (unpaired) electrons. The fraction of sp³-hybridized carbons (Fsp3) is 0.444. The van der Waals surface area contributed by atoms with Crippen molar-refractivity contribution < 1.29 is 4.79 Å². The molecule has 6 nitrogen and oxygen atoms in total. The molecule has 2 rings (SSSR count).